The molecule has 0 aliphatic rings. The number of thiocarbonyl (C=S) groups is 1. The average molecular weight is 240 g/mol. The Hall–Kier alpha value is -0.810. The number of rotatable bonds is 1. The van der Waals surface area contributed by atoms with Crippen LogP contribution in [0.4, 0.5) is 13.2 Å². The first-order chi connectivity index (χ1) is 6.32. The summed E-state index contributed by atoms with van der Waals surface area (Å²) in [6.45, 7) is 0. The van der Waals surface area contributed by atoms with Gasteiger partial charge in [-0.3, -0.25) is 0 Å². The third-order valence-corrected chi connectivity index (χ3v) is 2.09. The van der Waals surface area contributed by atoms with Crippen LogP contribution in [0, 0.1) is 0 Å². The molecule has 1 aromatic carbocycles. The van der Waals surface area contributed by atoms with E-state index >= 15 is 0 Å². The summed E-state index contributed by atoms with van der Waals surface area (Å²) in [5, 5.41) is -0.0904. The van der Waals surface area contributed by atoms with Crippen molar-refractivity contribution in [2.24, 2.45) is 5.73 Å². The molecule has 76 valence electrons. The van der Waals surface area contributed by atoms with E-state index in [4.69, 9.17) is 17.3 Å². The van der Waals surface area contributed by atoms with Crippen molar-refractivity contribution in [2.75, 3.05) is 0 Å². The van der Waals surface area contributed by atoms with E-state index in [9.17, 15) is 13.2 Å². The molecule has 0 spiro atoms. The molecular formula is C8H5ClF3NS. The van der Waals surface area contributed by atoms with Gasteiger partial charge in [0.1, 0.15) is 4.99 Å². The minimum absolute atomic E-state index is 0.0243. The zero-order valence-electron chi connectivity index (χ0n) is 6.73. The second-order valence-electron chi connectivity index (χ2n) is 2.56. The Morgan fingerprint density at radius 3 is 2.29 bits per heavy atom. The summed E-state index contributed by atoms with van der Waals surface area (Å²) in [4.78, 5) is -0.0243. The van der Waals surface area contributed by atoms with Gasteiger partial charge in [0.25, 0.3) is 0 Å². The van der Waals surface area contributed by atoms with Crippen LogP contribution in [0.5, 0.6) is 0 Å². The van der Waals surface area contributed by atoms with Crippen LogP contribution in [-0.4, -0.2) is 4.99 Å². The van der Waals surface area contributed by atoms with E-state index in [0.29, 0.717) is 0 Å². The van der Waals surface area contributed by atoms with Crippen molar-refractivity contribution in [2.45, 2.75) is 6.18 Å². The lowest BCUT2D eigenvalue weighted by Gasteiger charge is -2.08. The first kappa shape index (κ1) is 11.3. The van der Waals surface area contributed by atoms with Gasteiger partial charge in [0.05, 0.1) is 10.6 Å². The van der Waals surface area contributed by atoms with Crippen LogP contribution in [0.3, 0.4) is 0 Å². The van der Waals surface area contributed by atoms with E-state index in [1.54, 1.807) is 0 Å². The molecule has 0 amide bonds. The Morgan fingerprint density at radius 1 is 1.36 bits per heavy atom. The van der Waals surface area contributed by atoms with Crippen molar-refractivity contribution in [1.82, 2.24) is 0 Å². The highest BCUT2D eigenvalue weighted by atomic mass is 35.5. The molecule has 0 saturated carbocycles. The number of hydrogen-bond donors (Lipinski definition) is 1. The highest BCUT2D eigenvalue weighted by Crippen LogP contribution is 2.31. The average Bonchev–Trinajstić information content (AvgIpc) is 2.01. The maximum absolute atomic E-state index is 12.2. The van der Waals surface area contributed by atoms with Gasteiger partial charge in [0.2, 0.25) is 0 Å². The fourth-order valence-corrected chi connectivity index (χ4v) is 1.41. The molecule has 1 nitrogen and oxygen atoms in total. The molecule has 14 heavy (non-hydrogen) atoms. The summed E-state index contributed by atoms with van der Waals surface area (Å²) in [7, 11) is 0. The molecule has 6 heteroatoms. The molecule has 0 aromatic heterocycles. The Kier molecular flexibility index (Phi) is 3.01. The lowest BCUT2D eigenvalue weighted by Crippen LogP contribution is -2.11. The van der Waals surface area contributed by atoms with Gasteiger partial charge >= 0.3 is 6.18 Å². The monoisotopic (exact) mass is 239 g/mol. The second kappa shape index (κ2) is 3.74. The Morgan fingerprint density at radius 2 is 1.93 bits per heavy atom. The molecule has 1 rings (SSSR count). The fourth-order valence-electron chi connectivity index (χ4n) is 0.891. The number of nitrogens with two attached hydrogens (primary N) is 1. The molecule has 0 saturated heterocycles. The summed E-state index contributed by atoms with van der Waals surface area (Å²) in [6, 6.07) is 2.85. The Balaban J connectivity index is 3.20. The smallest absolute Gasteiger partial charge is 0.389 e. The first-order valence-corrected chi connectivity index (χ1v) is 4.27. The van der Waals surface area contributed by atoms with E-state index in [-0.39, 0.29) is 15.6 Å². The standard InChI is InChI=1S/C8H5ClF3NS/c9-6-3-4(8(10,11)12)1-2-5(6)7(13)14/h1-3H,(H2,13,14). The molecule has 0 heterocycles. The Labute approximate surface area is 88.7 Å². The first-order valence-electron chi connectivity index (χ1n) is 3.49. The summed E-state index contributed by atoms with van der Waals surface area (Å²) in [5.74, 6) is 0. The van der Waals surface area contributed by atoms with Crippen LogP contribution in [0.1, 0.15) is 11.1 Å². The molecule has 0 aliphatic heterocycles. The third kappa shape index (κ3) is 2.36. The molecule has 0 radical (unpaired) electrons. The molecular weight excluding hydrogens is 235 g/mol. The fraction of sp³-hybridized carbons (Fsp3) is 0.125. The number of benzene rings is 1. The SMILES string of the molecule is NC(=S)c1ccc(C(F)(F)F)cc1Cl. The summed E-state index contributed by atoms with van der Waals surface area (Å²) >= 11 is 10.2. The lowest BCUT2D eigenvalue weighted by atomic mass is 10.1. The predicted octanol–water partition coefficient (Wildman–Crippen LogP) is 2.99. The topological polar surface area (TPSA) is 26.0 Å². The predicted molar refractivity (Wildman–Crippen MR) is 52.3 cm³/mol. The Bertz CT molecular complexity index is 375. The van der Waals surface area contributed by atoms with Crippen molar-refractivity contribution < 1.29 is 13.2 Å². The zero-order valence-corrected chi connectivity index (χ0v) is 8.30. The highest BCUT2D eigenvalue weighted by Gasteiger charge is 2.30. The molecule has 0 bridgehead atoms. The van der Waals surface area contributed by atoms with Crippen LogP contribution < -0.4 is 5.73 Å². The van der Waals surface area contributed by atoms with Gasteiger partial charge in [0, 0.05) is 5.56 Å². The van der Waals surface area contributed by atoms with E-state index in [2.05, 4.69) is 12.2 Å². The molecule has 0 atom stereocenters. The summed E-state index contributed by atoms with van der Waals surface area (Å²) < 4.78 is 36.5. The molecule has 2 N–H and O–H groups in total. The van der Waals surface area contributed by atoms with Gasteiger partial charge in [-0.1, -0.05) is 23.8 Å². The van der Waals surface area contributed by atoms with Crippen molar-refractivity contribution in [3.8, 4) is 0 Å². The molecule has 0 aliphatic carbocycles. The van der Waals surface area contributed by atoms with Gasteiger partial charge in [-0.05, 0) is 18.2 Å². The van der Waals surface area contributed by atoms with Crippen LogP contribution in [0.2, 0.25) is 5.02 Å². The number of hydrogen-bond acceptors (Lipinski definition) is 1. The van der Waals surface area contributed by atoms with Crippen LogP contribution in [-0.2, 0) is 6.18 Å². The normalized spacial score (nSPS) is 11.4. The highest BCUT2D eigenvalue weighted by molar-refractivity contribution is 7.80. The van der Waals surface area contributed by atoms with Crippen molar-refractivity contribution in [3.63, 3.8) is 0 Å². The number of alkyl halides is 3. The second-order valence-corrected chi connectivity index (χ2v) is 3.40. The number of halogens is 4. The minimum atomic E-state index is -4.40. The third-order valence-electron chi connectivity index (χ3n) is 1.56. The molecule has 0 fully saturated rings. The van der Waals surface area contributed by atoms with Crippen LogP contribution in [0.25, 0.3) is 0 Å². The van der Waals surface area contributed by atoms with Crippen LogP contribution in [0.15, 0.2) is 18.2 Å². The maximum Gasteiger partial charge on any atom is 0.416 e. The molecule has 0 unspecified atom stereocenters. The van der Waals surface area contributed by atoms with Gasteiger partial charge in [0.15, 0.2) is 0 Å². The van der Waals surface area contributed by atoms with Crippen molar-refractivity contribution >= 4 is 28.8 Å². The zero-order chi connectivity index (χ0) is 10.9. The van der Waals surface area contributed by atoms with E-state index in [1.807, 2.05) is 0 Å². The van der Waals surface area contributed by atoms with Gasteiger partial charge < -0.3 is 5.73 Å². The van der Waals surface area contributed by atoms with E-state index in [1.165, 1.54) is 0 Å². The van der Waals surface area contributed by atoms with Gasteiger partial charge in [-0.25, -0.2) is 0 Å². The summed E-state index contributed by atoms with van der Waals surface area (Å²) in [5.41, 5.74) is 4.67. The minimum Gasteiger partial charge on any atom is -0.389 e. The van der Waals surface area contributed by atoms with Crippen LogP contribution >= 0.6 is 23.8 Å². The largest absolute Gasteiger partial charge is 0.416 e. The van der Waals surface area contributed by atoms with Crippen molar-refractivity contribution in [1.29, 1.82) is 0 Å². The quantitative estimate of drug-likeness (QED) is 0.763. The summed E-state index contributed by atoms with van der Waals surface area (Å²) in [6.07, 6.45) is -4.40. The van der Waals surface area contributed by atoms with Crippen molar-refractivity contribution in [3.05, 3.63) is 34.3 Å². The molecule has 1 aromatic rings. The van der Waals surface area contributed by atoms with E-state index < -0.39 is 11.7 Å². The van der Waals surface area contributed by atoms with Gasteiger partial charge in [-0.2, -0.15) is 13.2 Å². The maximum atomic E-state index is 12.2. The van der Waals surface area contributed by atoms with Gasteiger partial charge in [-0.15, -0.1) is 0 Å². The van der Waals surface area contributed by atoms with E-state index in [0.717, 1.165) is 18.2 Å². The lowest BCUT2D eigenvalue weighted by molar-refractivity contribution is -0.137.